The normalized spacial score (nSPS) is 9.21. The minimum absolute atomic E-state index is 0. The predicted molar refractivity (Wildman–Crippen MR) is 58.4 cm³/mol. The summed E-state index contributed by atoms with van der Waals surface area (Å²) >= 11 is 0. The summed E-state index contributed by atoms with van der Waals surface area (Å²) in [6.45, 7) is 8.26. The molecule has 0 aliphatic carbocycles. The fourth-order valence-electron chi connectivity index (χ4n) is 1.29. The smallest absolute Gasteiger partial charge is 0.508 e. The first kappa shape index (κ1) is 17.1. The van der Waals surface area contributed by atoms with E-state index in [-0.39, 0.29) is 58.8 Å². The molecule has 74 valence electrons. The van der Waals surface area contributed by atoms with Crippen LogP contribution in [0.2, 0.25) is 0 Å². The summed E-state index contributed by atoms with van der Waals surface area (Å²) in [5.41, 5.74) is 3.44. The molecule has 1 rings (SSSR count). The largest absolute Gasteiger partial charge is 1.00 e. The van der Waals surface area contributed by atoms with Crippen molar-refractivity contribution in [2.45, 2.75) is 41.0 Å². The summed E-state index contributed by atoms with van der Waals surface area (Å²) < 4.78 is 0. The van der Waals surface area contributed by atoms with Gasteiger partial charge in [-0.05, 0) is 42.5 Å². The Morgan fingerprint density at radius 3 is 1.93 bits per heavy atom. The molecule has 0 atom stereocenters. The van der Waals surface area contributed by atoms with Gasteiger partial charge >= 0.3 is 51.4 Å². The van der Waals surface area contributed by atoms with Crippen LogP contribution in [0.5, 0.6) is 5.75 Å². The molecule has 0 heterocycles. The molecule has 1 N–H and O–H groups in total. The van der Waals surface area contributed by atoms with Crippen molar-refractivity contribution < 1.29 is 56.5 Å². The average Bonchev–Trinajstić information content (AvgIpc) is 1.96. The third-order valence-electron chi connectivity index (χ3n) is 2.27. The summed E-state index contributed by atoms with van der Waals surface area (Å²) in [6, 6.07) is 3.90. The first-order chi connectivity index (χ1) is 5.52. The summed E-state index contributed by atoms with van der Waals surface area (Å²) in [6.07, 6.45) is 0. The summed E-state index contributed by atoms with van der Waals surface area (Å²) in [4.78, 5) is 0. The van der Waals surface area contributed by atoms with Crippen LogP contribution in [0.25, 0.3) is 0 Å². The van der Waals surface area contributed by atoms with E-state index in [4.69, 9.17) is 0 Å². The number of phenolic OH excluding ortho intramolecular Hbond substituents is 1. The molecule has 0 unspecified atom stereocenters. The second-order valence-corrected chi connectivity index (χ2v) is 3.65. The van der Waals surface area contributed by atoms with Crippen molar-refractivity contribution in [1.29, 1.82) is 0 Å². The molecule has 0 saturated carbocycles. The van der Waals surface area contributed by atoms with Crippen LogP contribution in [0.4, 0.5) is 0 Å². The number of aryl methyl sites for hydroxylation is 2. The molecule has 0 amide bonds. The Hall–Kier alpha value is 0.656. The molecule has 1 aromatic carbocycles. The quantitative estimate of drug-likeness (QED) is 0.692. The number of hydrogen-bond acceptors (Lipinski definition) is 1. The van der Waals surface area contributed by atoms with Crippen LogP contribution in [0.1, 0.15) is 43.9 Å². The summed E-state index contributed by atoms with van der Waals surface area (Å²) in [5, 5.41) is 9.59. The molecule has 0 aliphatic rings. The molecule has 0 fully saturated rings. The van der Waals surface area contributed by atoms with Crippen LogP contribution in [0.3, 0.4) is 0 Å². The van der Waals surface area contributed by atoms with E-state index in [1.54, 1.807) is 0 Å². The Balaban J connectivity index is 0. The summed E-state index contributed by atoms with van der Waals surface area (Å²) in [5.74, 6) is 0.817. The Morgan fingerprint density at radius 2 is 1.50 bits per heavy atom. The van der Waals surface area contributed by atoms with Gasteiger partial charge < -0.3 is 5.11 Å². The molecule has 0 saturated heterocycles. The number of hydrogen-bond donors (Lipinski definition) is 1. The zero-order chi connectivity index (χ0) is 9.30. The molecular weight excluding hydrogens is 199 g/mol. The number of rotatable bonds is 1. The zero-order valence-corrected chi connectivity index (χ0v) is 12.3. The first-order valence-corrected chi connectivity index (χ1v) is 4.32. The number of aromatic hydroxyl groups is 1. The van der Waals surface area contributed by atoms with Gasteiger partial charge in [0.1, 0.15) is 5.75 Å². The maximum Gasteiger partial charge on any atom is 1.00 e. The van der Waals surface area contributed by atoms with Crippen molar-refractivity contribution in [2.24, 2.45) is 0 Å². The van der Waals surface area contributed by atoms with E-state index in [2.05, 4.69) is 26.8 Å². The topological polar surface area (TPSA) is 20.2 Å². The molecule has 2 heteroatoms. The molecule has 14 heavy (non-hydrogen) atoms. The maximum atomic E-state index is 9.59. The molecule has 1 nitrogen and oxygen atoms in total. The molecule has 0 aliphatic heterocycles. The SMILES string of the molecule is C.Cc1cc(O)c(C(C)C)cc1C.[K+]. The van der Waals surface area contributed by atoms with Gasteiger partial charge in [-0.2, -0.15) is 0 Å². The molecule has 0 aromatic heterocycles. The first-order valence-electron chi connectivity index (χ1n) is 4.32. The zero-order valence-electron chi connectivity index (χ0n) is 9.18. The Kier molecular flexibility index (Phi) is 8.55. The van der Waals surface area contributed by atoms with Gasteiger partial charge in [0.25, 0.3) is 0 Å². The Morgan fingerprint density at radius 1 is 1.07 bits per heavy atom. The number of phenols is 1. The number of benzene rings is 1. The van der Waals surface area contributed by atoms with E-state index in [0.717, 1.165) is 11.1 Å². The predicted octanol–water partition coefficient (Wildman–Crippen LogP) is 0.773. The van der Waals surface area contributed by atoms with E-state index in [1.807, 2.05) is 13.0 Å². The van der Waals surface area contributed by atoms with Crippen LogP contribution in [-0.2, 0) is 0 Å². The molecule has 1 aromatic rings. The van der Waals surface area contributed by atoms with Crippen molar-refractivity contribution in [3.8, 4) is 5.75 Å². The molecule has 0 radical (unpaired) electrons. The Bertz CT molecular complexity index is 293. The summed E-state index contributed by atoms with van der Waals surface area (Å²) in [7, 11) is 0. The van der Waals surface area contributed by atoms with Gasteiger partial charge in [0, 0.05) is 0 Å². The van der Waals surface area contributed by atoms with Gasteiger partial charge in [0.05, 0.1) is 0 Å². The van der Waals surface area contributed by atoms with Crippen molar-refractivity contribution >= 4 is 0 Å². The Labute approximate surface area is 130 Å². The van der Waals surface area contributed by atoms with Crippen LogP contribution >= 0.6 is 0 Å². The van der Waals surface area contributed by atoms with Gasteiger partial charge in [-0.1, -0.05) is 27.3 Å². The minimum Gasteiger partial charge on any atom is -0.508 e. The third kappa shape index (κ3) is 4.03. The van der Waals surface area contributed by atoms with Crippen molar-refractivity contribution in [3.63, 3.8) is 0 Å². The van der Waals surface area contributed by atoms with Gasteiger partial charge in [0.2, 0.25) is 0 Å². The maximum absolute atomic E-state index is 9.59. The van der Waals surface area contributed by atoms with Gasteiger partial charge in [-0.15, -0.1) is 0 Å². The van der Waals surface area contributed by atoms with Crippen LogP contribution in [0, 0.1) is 13.8 Å². The van der Waals surface area contributed by atoms with Crippen molar-refractivity contribution in [2.75, 3.05) is 0 Å². The molecule has 0 bridgehead atoms. The van der Waals surface area contributed by atoms with Gasteiger partial charge in [-0.3, -0.25) is 0 Å². The fraction of sp³-hybridized carbons (Fsp3) is 0.500. The van der Waals surface area contributed by atoms with Crippen LogP contribution in [-0.4, -0.2) is 5.11 Å². The van der Waals surface area contributed by atoms with Crippen LogP contribution in [0.15, 0.2) is 12.1 Å². The average molecular weight is 219 g/mol. The second kappa shape index (κ2) is 7.02. The molecular formula is C12H20KO+. The fourth-order valence-corrected chi connectivity index (χ4v) is 1.29. The molecule has 0 spiro atoms. The third-order valence-corrected chi connectivity index (χ3v) is 2.27. The van der Waals surface area contributed by atoms with Gasteiger partial charge in [0.15, 0.2) is 0 Å². The van der Waals surface area contributed by atoms with Gasteiger partial charge in [-0.25, -0.2) is 0 Å². The van der Waals surface area contributed by atoms with Crippen molar-refractivity contribution in [1.82, 2.24) is 0 Å². The van der Waals surface area contributed by atoms with E-state index in [1.165, 1.54) is 5.56 Å². The van der Waals surface area contributed by atoms with E-state index >= 15 is 0 Å². The minimum atomic E-state index is 0. The van der Waals surface area contributed by atoms with E-state index in [9.17, 15) is 5.11 Å². The van der Waals surface area contributed by atoms with E-state index in [0.29, 0.717) is 11.7 Å². The van der Waals surface area contributed by atoms with Crippen LogP contribution < -0.4 is 51.4 Å². The monoisotopic (exact) mass is 219 g/mol. The van der Waals surface area contributed by atoms with E-state index < -0.39 is 0 Å². The standard InChI is InChI=1S/C11H16O.CH4.K/c1-7(2)10-5-8(3)9(4)6-11(10)12;;/h5-7,12H,1-4H3;1H4;/q;;+1. The van der Waals surface area contributed by atoms with Crippen molar-refractivity contribution in [3.05, 3.63) is 28.8 Å². The second-order valence-electron chi connectivity index (χ2n) is 3.65.